The molecule has 2 atom stereocenters. The summed E-state index contributed by atoms with van der Waals surface area (Å²) < 4.78 is 1.85. The summed E-state index contributed by atoms with van der Waals surface area (Å²) in [6, 6.07) is 0. The Hall–Kier alpha value is -0.940. The smallest absolute Gasteiger partial charge is 0.111 e. The van der Waals surface area contributed by atoms with Crippen molar-refractivity contribution in [3.05, 3.63) is 11.9 Å². The van der Waals surface area contributed by atoms with Gasteiger partial charge in [0, 0.05) is 6.54 Å². The van der Waals surface area contributed by atoms with Gasteiger partial charge in [-0.3, -0.25) is 4.68 Å². The molecule has 1 fully saturated rings. The van der Waals surface area contributed by atoms with Gasteiger partial charge in [0.15, 0.2) is 0 Å². The number of hydrogen-bond acceptors (Lipinski definition) is 4. The van der Waals surface area contributed by atoms with E-state index in [2.05, 4.69) is 15.6 Å². The van der Waals surface area contributed by atoms with Crippen LogP contribution in [0.5, 0.6) is 0 Å². The lowest BCUT2D eigenvalue weighted by Gasteiger charge is -2.13. The highest BCUT2D eigenvalue weighted by Crippen LogP contribution is 2.14. The fraction of sp³-hybridized carbons (Fsp3) is 0.818. The molecule has 0 saturated carbocycles. The molecule has 0 bridgehead atoms. The van der Waals surface area contributed by atoms with Crippen LogP contribution in [0.2, 0.25) is 0 Å². The Bertz CT molecular complexity index is 316. The second-order valence-electron chi connectivity index (χ2n) is 4.61. The summed E-state index contributed by atoms with van der Waals surface area (Å²) in [4.78, 5) is 0. The molecule has 5 nitrogen and oxygen atoms in total. The normalized spacial score (nSPS) is 24.0. The minimum atomic E-state index is -0.527. The first kappa shape index (κ1) is 11.5. The van der Waals surface area contributed by atoms with E-state index in [1.807, 2.05) is 10.9 Å². The van der Waals surface area contributed by atoms with Gasteiger partial charge in [0.1, 0.15) is 5.69 Å². The SMILES string of the molecule is CC(O)c1cn(CC2CCCCNC2)nn1. The summed E-state index contributed by atoms with van der Waals surface area (Å²) in [6.45, 7) is 4.80. The van der Waals surface area contributed by atoms with Crippen molar-refractivity contribution in [1.82, 2.24) is 20.3 Å². The summed E-state index contributed by atoms with van der Waals surface area (Å²) in [6.07, 6.45) is 5.12. The van der Waals surface area contributed by atoms with E-state index >= 15 is 0 Å². The molecule has 16 heavy (non-hydrogen) atoms. The van der Waals surface area contributed by atoms with Crippen molar-refractivity contribution < 1.29 is 5.11 Å². The lowest BCUT2D eigenvalue weighted by atomic mass is 10.0. The van der Waals surface area contributed by atoms with Gasteiger partial charge >= 0.3 is 0 Å². The molecular weight excluding hydrogens is 204 g/mol. The van der Waals surface area contributed by atoms with E-state index in [0.717, 1.165) is 19.6 Å². The van der Waals surface area contributed by atoms with E-state index < -0.39 is 6.10 Å². The zero-order valence-electron chi connectivity index (χ0n) is 9.76. The van der Waals surface area contributed by atoms with Crippen molar-refractivity contribution in [2.24, 2.45) is 5.92 Å². The third-order valence-electron chi connectivity index (χ3n) is 3.08. The van der Waals surface area contributed by atoms with Crippen LogP contribution in [0.4, 0.5) is 0 Å². The number of aliphatic hydroxyl groups excluding tert-OH is 1. The Morgan fingerprint density at radius 3 is 3.25 bits per heavy atom. The fourth-order valence-corrected chi connectivity index (χ4v) is 2.11. The van der Waals surface area contributed by atoms with E-state index in [0.29, 0.717) is 11.6 Å². The van der Waals surface area contributed by atoms with Crippen LogP contribution in [0.1, 0.15) is 38.0 Å². The van der Waals surface area contributed by atoms with Gasteiger partial charge in [-0.05, 0) is 38.8 Å². The molecule has 5 heteroatoms. The molecule has 2 heterocycles. The largest absolute Gasteiger partial charge is 0.387 e. The molecule has 0 spiro atoms. The van der Waals surface area contributed by atoms with Gasteiger partial charge in [0.05, 0.1) is 12.3 Å². The fourth-order valence-electron chi connectivity index (χ4n) is 2.11. The van der Waals surface area contributed by atoms with Crippen molar-refractivity contribution in [2.45, 2.75) is 38.8 Å². The Labute approximate surface area is 95.8 Å². The van der Waals surface area contributed by atoms with Gasteiger partial charge in [0.2, 0.25) is 0 Å². The number of rotatable bonds is 3. The molecule has 1 aliphatic heterocycles. The van der Waals surface area contributed by atoms with E-state index in [1.54, 1.807) is 6.92 Å². The second kappa shape index (κ2) is 5.41. The van der Waals surface area contributed by atoms with Crippen molar-refractivity contribution >= 4 is 0 Å². The van der Waals surface area contributed by atoms with E-state index in [9.17, 15) is 5.11 Å². The number of aromatic nitrogens is 3. The number of nitrogens with zero attached hydrogens (tertiary/aromatic N) is 3. The summed E-state index contributed by atoms with van der Waals surface area (Å²) in [5, 5.41) is 20.8. The quantitative estimate of drug-likeness (QED) is 0.794. The van der Waals surface area contributed by atoms with Crippen LogP contribution in [0, 0.1) is 5.92 Å². The highest BCUT2D eigenvalue weighted by atomic mass is 16.3. The number of nitrogens with one attached hydrogen (secondary N) is 1. The first-order valence-corrected chi connectivity index (χ1v) is 6.04. The summed E-state index contributed by atoms with van der Waals surface area (Å²) in [5.41, 5.74) is 0.654. The lowest BCUT2D eigenvalue weighted by Crippen LogP contribution is -2.24. The molecule has 1 aromatic rings. The molecule has 2 rings (SSSR count). The van der Waals surface area contributed by atoms with Crippen LogP contribution in [-0.2, 0) is 6.54 Å². The predicted molar refractivity (Wildman–Crippen MR) is 60.9 cm³/mol. The Balaban J connectivity index is 1.91. The third-order valence-corrected chi connectivity index (χ3v) is 3.08. The van der Waals surface area contributed by atoms with Crippen molar-refractivity contribution in [1.29, 1.82) is 0 Å². The molecule has 2 unspecified atom stereocenters. The first-order chi connectivity index (χ1) is 7.75. The molecule has 1 aliphatic rings. The predicted octanol–water partition coefficient (Wildman–Crippen LogP) is 0.721. The highest BCUT2D eigenvalue weighted by Gasteiger charge is 2.14. The molecule has 90 valence electrons. The molecular formula is C11H20N4O. The van der Waals surface area contributed by atoms with Crippen molar-refractivity contribution in [3.8, 4) is 0 Å². The van der Waals surface area contributed by atoms with Crippen LogP contribution in [0.25, 0.3) is 0 Å². The maximum Gasteiger partial charge on any atom is 0.111 e. The van der Waals surface area contributed by atoms with Crippen LogP contribution in [0.3, 0.4) is 0 Å². The molecule has 0 aliphatic carbocycles. The monoisotopic (exact) mass is 224 g/mol. The molecule has 1 aromatic heterocycles. The van der Waals surface area contributed by atoms with Crippen molar-refractivity contribution in [3.63, 3.8) is 0 Å². The van der Waals surface area contributed by atoms with Gasteiger partial charge in [-0.2, -0.15) is 0 Å². The molecule has 0 aromatic carbocycles. The van der Waals surface area contributed by atoms with Gasteiger partial charge < -0.3 is 10.4 Å². The van der Waals surface area contributed by atoms with Gasteiger partial charge in [-0.15, -0.1) is 5.10 Å². The molecule has 1 saturated heterocycles. The maximum atomic E-state index is 9.36. The maximum absolute atomic E-state index is 9.36. The average molecular weight is 224 g/mol. The minimum Gasteiger partial charge on any atom is -0.387 e. The standard InChI is InChI=1S/C11H20N4O/c1-9(16)11-8-15(14-13-11)7-10-4-2-3-5-12-6-10/h8-10,12,16H,2-7H2,1H3. The lowest BCUT2D eigenvalue weighted by molar-refractivity contribution is 0.194. The average Bonchev–Trinajstić information content (AvgIpc) is 2.56. The van der Waals surface area contributed by atoms with Gasteiger partial charge in [-0.25, -0.2) is 0 Å². The number of hydrogen-bond donors (Lipinski definition) is 2. The van der Waals surface area contributed by atoms with E-state index in [1.165, 1.54) is 19.3 Å². The van der Waals surface area contributed by atoms with E-state index in [-0.39, 0.29) is 0 Å². The van der Waals surface area contributed by atoms with Crippen LogP contribution in [-0.4, -0.2) is 33.2 Å². The Morgan fingerprint density at radius 2 is 2.50 bits per heavy atom. The van der Waals surface area contributed by atoms with Crippen molar-refractivity contribution in [2.75, 3.05) is 13.1 Å². The second-order valence-corrected chi connectivity index (χ2v) is 4.61. The number of aliphatic hydroxyl groups is 1. The Kier molecular flexibility index (Phi) is 3.90. The van der Waals surface area contributed by atoms with Crippen LogP contribution >= 0.6 is 0 Å². The van der Waals surface area contributed by atoms with Gasteiger partial charge in [-0.1, -0.05) is 11.6 Å². The summed E-state index contributed by atoms with van der Waals surface area (Å²) in [7, 11) is 0. The van der Waals surface area contributed by atoms with Crippen LogP contribution in [0.15, 0.2) is 6.20 Å². The summed E-state index contributed by atoms with van der Waals surface area (Å²) >= 11 is 0. The highest BCUT2D eigenvalue weighted by molar-refractivity contribution is 4.95. The third kappa shape index (κ3) is 3.02. The summed E-state index contributed by atoms with van der Waals surface area (Å²) in [5.74, 6) is 0.631. The minimum absolute atomic E-state index is 0.527. The van der Waals surface area contributed by atoms with E-state index in [4.69, 9.17) is 0 Å². The first-order valence-electron chi connectivity index (χ1n) is 6.04. The zero-order valence-corrected chi connectivity index (χ0v) is 9.76. The molecule has 0 radical (unpaired) electrons. The van der Waals surface area contributed by atoms with Gasteiger partial charge in [0.25, 0.3) is 0 Å². The topological polar surface area (TPSA) is 63.0 Å². The Morgan fingerprint density at radius 1 is 1.62 bits per heavy atom. The zero-order chi connectivity index (χ0) is 11.4. The molecule has 2 N–H and O–H groups in total. The molecule has 0 amide bonds. The van der Waals surface area contributed by atoms with Crippen LogP contribution < -0.4 is 5.32 Å².